The third-order valence-corrected chi connectivity index (χ3v) is 4.21. The number of methoxy groups -OCH3 is 1. The molecule has 0 aromatic heterocycles. The normalized spacial score (nSPS) is 10.0. The van der Waals surface area contributed by atoms with E-state index < -0.39 is 10.8 Å². The van der Waals surface area contributed by atoms with Gasteiger partial charge in [0, 0.05) is 11.6 Å². The van der Waals surface area contributed by atoms with Crippen molar-refractivity contribution in [1.29, 1.82) is 0 Å². The van der Waals surface area contributed by atoms with E-state index in [1.807, 2.05) is 0 Å². The van der Waals surface area contributed by atoms with E-state index in [2.05, 4.69) is 26.6 Å². The third-order valence-electron chi connectivity index (χ3n) is 3.39. The Morgan fingerprint density at radius 1 is 1.32 bits per heavy atom. The molecule has 0 fully saturated rings. The molecule has 0 radical (unpaired) electrons. The van der Waals surface area contributed by atoms with E-state index in [9.17, 15) is 14.9 Å². The summed E-state index contributed by atoms with van der Waals surface area (Å²) in [7, 11) is 1.53. The van der Waals surface area contributed by atoms with E-state index in [0.717, 1.165) is 0 Å². The Balaban J connectivity index is 2.10. The van der Waals surface area contributed by atoms with Crippen molar-refractivity contribution in [2.24, 2.45) is 0 Å². The summed E-state index contributed by atoms with van der Waals surface area (Å²) in [6.07, 6.45) is 0. The van der Waals surface area contributed by atoms with Crippen LogP contribution in [-0.4, -0.2) is 23.1 Å². The zero-order valence-electron chi connectivity index (χ0n) is 13.3. The second-order valence-electron chi connectivity index (χ2n) is 4.96. The molecule has 0 unspecified atom stereocenters. The first kappa shape index (κ1) is 18.8. The maximum absolute atomic E-state index is 12.2. The minimum absolute atomic E-state index is 0.0294. The van der Waals surface area contributed by atoms with E-state index in [0.29, 0.717) is 27.0 Å². The number of nitro benzene ring substituents is 1. The monoisotopic (exact) mass is 423 g/mol. The van der Waals surface area contributed by atoms with Gasteiger partial charge in [0.1, 0.15) is 5.75 Å². The number of hydrogen-bond donors (Lipinski definition) is 2. The van der Waals surface area contributed by atoms with Crippen molar-refractivity contribution in [3.8, 4) is 5.75 Å². The maximum Gasteiger partial charge on any atom is 0.274 e. The summed E-state index contributed by atoms with van der Waals surface area (Å²) < 4.78 is 5.75. The van der Waals surface area contributed by atoms with Crippen molar-refractivity contribution in [2.75, 3.05) is 12.4 Å². The lowest BCUT2D eigenvalue weighted by Gasteiger charge is -2.12. The number of benzene rings is 2. The average molecular weight is 424 g/mol. The van der Waals surface area contributed by atoms with Gasteiger partial charge in [0.2, 0.25) is 0 Å². The number of amides is 1. The molecule has 0 bridgehead atoms. The topological polar surface area (TPSA) is 93.5 Å². The van der Waals surface area contributed by atoms with Crippen LogP contribution in [-0.2, 0) is 0 Å². The Labute approximate surface area is 157 Å². The van der Waals surface area contributed by atoms with Crippen LogP contribution in [0.3, 0.4) is 0 Å². The van der Waals surface area contributed by atoms with E-state index in [4.69, 9.17) is 17.0 Å². The first-order valence-corrected chi connectivity index (χ1v) is 8.23. The van der Waals surface area contributed by atoms with Gasteiger partial charge < -0.3 is 10.1 Å². The highest BCUT2D eigenvalue weighted by atomic mass is 79.9. The summed E-state index contributed by atoms with van der Waals surface area (Å²) in [4.78, 5) is 22.7. The van der Waals surface area contributed by atoms with Gasteiger partial charge in [0.25, 0.3) is 11.6 Å². The van der Waals surface area contributed by atoms with Crippen LogP contribution >= 0.6 is 28.1 Å². The lowest BCUT2D eigenvalue weighted by Crippen LogP contribution is -2.34. The number of ether oxygens (including phenoxy) is 1. The van der Waals surface area contributed by atoms with Gasteiger partial charge in [-0.25, -0.2) is 0 Å². The number of nitrogens with zero attached hydrogens (tertiary/aromatic N) is 1. The molecule has 0 atom stereocenters. The van der Waals surface area contributed by atoms with Crippen molar-refractivity contribution in [3.05, 3.63) is 62.1 Å². The fraction of sp³-hybridized carbons (Fsp3) is 0.125. The molecule has 1 amide bonds. The second kappa shape index (κ2) is 8.04. The predicted molar refractivity (Wildman–Crippen MR) is 102 cm³/mol. The van der Waals surface area contributed by atoms with Crippen LogP contribution in [0, 0.1) is 17.0 Å². The molecule has 25 heavy (non-hydrogen) atoms. The van der Waals surface area contributed by atoms with Gasteiger partial charge in [-0.2, -0.15) is 0 Å². The third kappa shape index (κ3) is 4.52. The van der Waals surface area contributed by atoms with Gasteiger partial charge in [-0.15, -0.1) is 0 Å². The summed E-state index contributed by atoms with van der Waals surface area (Å²) in [5, 5.41) is 16.3. The maximum atomic E-state index is 12.2. The molecule has 0 saturated carbocycles. The number of nitrogens with one attached hydrogen (secondary N) is 2. The number of anilines is 1. The second-order valence-corrected chi connectivity index (χ2v) is 6.23. The first-order chi connectivity index (χ1) is 11.8. The van der Waals surface area contributed by atoms with Crippen LogP contribution in [0.25, 0.3) is 0 Å². The molecule has 0 aliphatic carbocycles. The SMILES string of the molecule is COc1ccc(C(=O)NC(=S)Nc2cccc([N+](=O)[O-])c2C)cc1Br. The zero-order chi connectivity index (χ0) is 18.6. The highest BCUT2D eigenvalue weighted by Crippen LogP contribution is 2.26. The highest BCUT2D eigenvalue weighted by molar-refractivity contribution is 9.10. The Kier molecular flexibility index (Phi) is 6.05. The minimum Gasteiger partial charge on any atom is -0.496 e. The lowest BCUT2D eigenvalue weighted by atomic mass is 10.1. The van der Waals surface area contributed by atoms with Crippen LogP contribution in [0.2, 0.25) is 0 Å². The zero-order valence-corrected chi connectivity index (χ0v) is 15.7. The fourth-order valence-electron chi connectivity index (χ4n) is 2.09. The number of carbonyl (C=O) groups excluding carboxylic acids is 1. The molecular formula is C16H14BrN3O4S. The first-order valence-electron chi connectivity index (χ1n) is 7.03. The number of halogens is 1. The predicted octanol–water partition coefficient (Wildman–Crippen LogP) is 3.80. The molecule has 130 valence electrons. The number of rotatable bonds is 4. The van der Waals surface area contributed by atoms with Crippen LogP contribution in [0.4, 0.5) is 11.4 Å². The molecule has 2 aromatic rings. The highest BCUT2D eigenvalue weighted by Gasteiger charge is 2.15. The van der Waals surface area contributed by atoms with E-state index in [1.54, 1.807) is 37.3 Å². The average Bonchev–Trinajstić information content (AvgIpc) is 2.56. The van der Waals surface area contributed by atoms with Crippen molar-refractivity contribution in [3.63, 3.8) is 0 Å². The fourth-order valence-corrected chi connectivity index (χ4v) is 2.84. The summed E-state index contributed by atoms with van der Waals surface area (Å²) in [5.74, 6) is 0.188. The molecule has 0 aliphatic heterocycles. The van der Waals surface area contributed by atoms with Crippen LogP contribution in [0.1, 0.15) is 15.9 Å². The molecule has 0 spiro atoms. The van der Waals surface area contributed by atoms with Crippen molar-refractivity contribution >= 4 is 50.5 Å². The van der Waals surface area contributed by atoms with Crippen LogP contribution < -0.4 is 15.4 Å². The smallest absolute Gasteiger partial charge is 0.274 e. The summed E-state index contributed by atoms with van der Waals surface area (Å²) in [6, 6.07) is 9.44. The Morgan fingerprint density at radius 3 is 2.64 bits per heavy atom. The molecule has 0 aliphatic rings. The summed E-state index contributed by atoms with van der Waals surface area (Å²) in [6.45, 7) is 1.60. The standard InChI is InChI=1S/C16H14BrN3O4S/c1-9-12(4-3-5-13(9)20(22)23)18-16(25)19-15(21)10-6-7-14(24-2)11(17)8-10/h3-8H,1-2H3,(H2,18,19,21,25). The van der Waals surface area contributed by atoms with Crippen molar-refractivity contribution < 1.29 is 14.5 Å². The van der Waals surface area contributed by atoms with Crippen molar-refractivity contribution in [1.82, 2.24) is 5.32 Å². The number of carbonyl (C=O) groups is 1. The van der Waals surface area contributed by atoms with Crippen LogP contribution in [0.5, 0.6) is 5.75 Å². The van der Waals surface area contributed by atoms with Gasteiger partial charge >= 0.3 is 0 Å². The summed E-state index contributed by atoms with van der Waals surface area (Å²) in [5.41, 5.74) is 1.23. The molecule has 2 aromatic carbocycles. The quantitative estimate of drug-likeness (QED) is 0.441. The Morgan fingerprint density at radius 2 is 2.04 bits per heavy atom. The van der Waals surface area contributed by atoms with Gasteiger partial charge in [0.05, 0.1) is 27.8 Å². The molecule has 7 nitrogen and oxygen atoms in total. The van der Waals surface area contributed by atoms with Gasteiger partial charge in [0.15, 0.2) is 5.11 Å². The van der Waals surface area contributed by atoms with E-state index in [-0.39, 0.29) is 10.8 Å². The molecule has 2 N–H and O–H groups in total. The molecular weight excluding hydrogens is 410 g/mol. The number of hydrogen-bond acceptors (Lipinski definition) is 5. The Bertz CT molecular complexity index is 857. The Hall–Kier alpha value is -2.52. The van der Waals surface area contributed by atoms with Gasteiger partial charge in [-0.3, -0.25) is 20.2 Å². The van der Waals surface area contributed by atoms with E-state index >= 15 is 0 Å². The largest absolute Gasteiger partial charge is 0.496 e. The minimum atomic E-state index is -0.475. The number of thiocarbonyl (C=S) groups is 1. The molecule has 0 saturated heterocycles. The van der Waals surface area contributed by atoms with Crippen LogP contribution in [0.15, 0.2) is 40.9 Å². The molecule has 0 heterocycles. The summed E-state index contributed by atoms with van der Waals surface area (Å²) >= 11 is 8.42. The molecule has 9 heteroatoms. The van der Waals surface area contributed by atoms with Gasteiger partial charge in [-0.05, 0) is 59.3 Å². The van der Waals surface area contributed by atoms with Gasteiger partial charge in [-0.1, -0.05) is 6.07 Å². The van der Waals surface area contributed by atoms with Crippen molar-refractivity contribution in [2.45, 2.75) is 6.92 Å². The number of nitro groups is 1. The lowest BCUT2D eigenvalue weighted by molar-refractivity contribution is -0.385. The van der Waals surface area contributed by atoms with E-state index in [1.165, 1.54) is 13.2 Å². The molecule has 2 rings (SSSR count).